The number of carbonyl (C=O) groups excluding carboxylic acids is 1. The lowest BCUT2D eigenvalue weighted by molar-refractivity contribution is -0.142. The second kappa shape index (κ2) is 6.93. The molecule has 1 fully saturated rings. The fourth-order valence-electron chi connectivity index (χ4n) is 3.22. The molecule has 0 unspecified atom stereocenters. The number of rotatable bonds is 5. The van der Waals surface area contributed by atoms with Crippen molar-refractivity contribution in [1.82, 2.24) is 9.78 Å². The number of nitrogens with zero attached hydrogens (tertiary/aromatic N) is 2. The van der Waals surface area contributed by atoms with Crippen molar-refractivity contribution in [3.63, 3.8) is 0 Å². The number of methoxy groups -OCH3 is 1. The third-order valence-electron chi connectivity index (χ3n) is 4.64. The fourth-order valence-corrected chi connectivity index (χ4v) is 3.58. The van der Waals surface area contributed by atoms with Gasteiger partial charge in [-0.25, -0.2) is 0 Å². The number of carbonyl (C=O) groups is 1. The lowest BCUT2D eigenvalue weighted by Crippen LogP contribution is -2.41. The Morgan fingerprint density at radius 3 is 2.43 bits per heavy atom. The summed E-state index contributed by atoms with van der Waals surface area (Å²) in [6.07, 6.45) is 7.19. The third kappa shape index (κ3) is 3.32. The van der Waals surface area contributed by atoms with Crippen LogP contribution >= 0.6 is 11.6 Å². The van der Waals surface area contributed by atoms with Gasteiger partial charge in [-0.1, -0.05) is 44.2 Å². The van der Waals surface area contributed by atoms with Crippen molar-refractivity contribution >= 4 is 17.4 Å². The molecule has 0 aliphatic heterocycles. The van der Waals surface area contributed by atoms with Crippen molar-refractivity contribution in [3.05, 3.63) is 16.4 Å². The molecule has 0 radical (unpaired) electrons. The van der Waals surface area contributed by atoms with E-state index >= 15 is 0 Å². The summed E-state index contributed by atoms with van der Waals surface area (Å²) < 4.78 is 7.42. The first-order valence-corrected chi connectivity index (χ1v) is 8.20. The molecule has 0 amide bonds. The number of hydrogen-bond acceptors (Lipinski definition) is 3. The smallest absolute Gasteiger partial charge is 0.170 e. The van der Waals surface area contributed by atoms with E-state index in [-0.39, 0.29) is 5.78 Å². The highest BCUT2D eigenvalue weighted by molar-refractivity contribution is 6.32. The molecule has 1 aliphatic rings. The first-order valence-electron chi connectivity index (χ1n) is 7.82. The van der Waals surface area contributed by atoms with Crippen molar-refractivity contribution in [1.29, 1.82) is 0 Å². The Bertz CT molecular complexity index is 503. The molecule has 5 heteroatoms. The van der Waals surface area contributed by atoms with Crippen LogP contribution in [0.15, 0.2) is 0 Å². The quantitative estimate of drug-likeness (QED) is 0.782. The minimum Gasteiger partial charge on any atom is -0.370 e. The van der Waals surface area contributed by atoms with Crippen LogP contribution in [0.1, 0.15) is 56.8 Å². The molecule has 0 bridgehead atoms. The summed E-state index contributed by atoms with van der Waals surface area (Å²) in [6.45, 7) is 2.02. The van der Waals surface area contributed by atoms with Gasteiger partial charge in [0.15, 0.2) is 5.78 Å². The maximum Gasteiger partial charge on any atom is 0.170 e. The summed E-state index contributed by atoms with van der Waals surface area (Å²) in [5.41, 5.74) is 1.03. The Balaban J connectivity index is 2.21. The molecule has 118 valence electrons. The van der Waals surface area contributed by atoms with Crippen LogP contribution in [0.5, 0.6) is 0 Å². The molecule has 21 heavy (non-hydrogen) atoms. The minimum atomic E-state index is -0.628. The van der Waals surface area contributed by atoms with Crippen molar-refractivity contribution in [2.45, 2.75) is 63.9 Å². The summed E-state index contributed by atoms with van der Waals surface area (Å²) in [5, 5.41) is 5.02. The highest BCUT2D eigenvalue weighted by Gasteiger charge is 2.38. The summed E-state index contributed by atoms with van der Waals surface area (Å²) in [6, 6.07) is 0. The third-order valence-corrected chi connectivity index (χ3v) is 5.08. The standard InChI is InChI=1S/C16H25ClN2O2/c1-4-12-15(17)13(19(2)18-12)11-14(20)16(21-3)9-7-5-6-8-10-16/h4-11H2,1-3H3. The maximum absolute atomic E-state index is 12.9. The van der Waals surface area contributed by atoms with E-state index < -0.39 is 5.60 Å². The van der Waals surface area contributed by atoms with Crippen LogP contribution in [0, 0.1) is 0 Å². The molecule has 1 aromatic rings. The number of Topliss-reactive ketones (excluding diaryl/α,β-unsaturated/α-hetero) is 1. The molecule has 4 nitrogen and oxygen atoms in total. The monoisotopic (exact) mass is 312 g/mol. The van der Waals surface area contributed by atoms with E-state index in [9.17, 15) is 4.79 Å². The zero-order valence-electron chi connectivity index (χ0n) is 13.2. The van der Waals surface area contributed by atoms with E-state index in [4.69, 9.17) is 16.3 Å². The van der Waals surface area contributed by atoms with Gasteiger partial charge in [0.2, 0.25) is 0 Å². The SMILES string of the molecule is CCc1nn(C)c(CC(=O)C2(OC)CCCCCC2)c1Cl. The van der Waals surface area contributed by atoms with Crippen LogP contribution in [0.25, 0.3) is 0 Å². The number of aromatic nitrogens is 2. The van der Waals surface area contributed by atoms with Gasteiger partial charge in [-0.15, -0.1) is 0 Å². The highest BCUT2D eigenvalue weighted by atomic mass is 35.5. The fraction of sp³-hybridized carbons (Fsp3) is 0.750. The Kier molecular flexibility index (Phi) is 5.44. The average molecular weight is 313 g/mol. The predicted molar refractivity (Wildman–Crippen MR) is 83.7 cm³/mol. The van der Waals surface area contributed by atoms with Gasteiger partial charge in [-0.3, -0.25) is 9.48 Å². The van der Waals surface area contributed by atoms with Gasteiger partial charge in [0.05, 0.1) is 22.8 Å². The van der Waals surface area contributed by atoms with Gasteiger partial charge in [0.1, 0.15) is 5.60 Å². The largest absolute Gasteiger partial charge is 0.370 e. The summed E-state index contributed by atoms with van der Waals surface area (Å²) in [5.74, 6) is 0.138. The van der Waals surface area contributed by atoms with Crippen LogP contribution in [-0.2, 0) is 29.4 Å². The average Bonchev–Trinajstić information content (AvgIpc) is 2.69. The zero-order valence-corrected chi connectivity index (χ0v) is 14.0. The van der Waals surface area contributed by atoms with Crippen LogP contribution in [0.4, 0.5) is 0 Å². The lowest BCUT2D eigenvalue weighted by atomic mass is 9.87. The van der Waals surface area contributed by atoms with E-state index in [0.717, 1.165) is 43.5 Å². The molecule has 2 rings (SSSR count). The molecule has 1 aromatic heterocycles. The van der Waals surface area contributed by atoms with Crippen LogP contribution in [0.3, 0.4) is 0 Å². The first-order chi connectivity index (χ1) is 10.0. The first kappa shape index (κ1) is 16.5. The number of halogens is 1. The molecule has 0 spiro atoms. The molecule has 0 atom stereocenters. The molecular weight excluding hydrogens is 288 g/mol. The highest BCUT2D eigenvalue weighted by Crippen LogP contribution is 2.33. The molecule has 1 aliphatic carbocycles. The second-order valence-corrected chi connectivity index (χ2v) is 6.28. The molecule has 0 aromatic carbocycles. The van der Waals surface area contributed by atoms with Crippen molar-refractivity contribution in [2.75, 3.05) is 7.11 Å². The van der Waals surface area contributed by atoms with Crippen molar-refractivity contribution < 1.29 is 9.53 Å². The topological polar surface area (TPSA) is 44.1 Å². The van der Waals surface area contributed by atoms with Crippen molar-refractivity contribution in [2.24, 2.45) is 7.05 Å². The second-order valence-electron chi connectivity index (χ2n) is 5.90. The van der Waals surface area contributed by atoms with Gasteiger partial charge < -0.3 is 4.74 Å². The molecular formula is C16H25ClN2O2. The Morgan fingerprint density at radius 1 is 1.33 bits per heavy atom. The summed E-state index contributed by atoms with van der Waals surface area (Å²) >= 11 is 6.36. The minimum absolute atomic E-state index is 0.138. The Morgan fingerprint density at radius 2 is 1.95 bits per heavy atom. The van der Waals surface area contributed by atoms with E-state index in [1.807, 2.05) is 14.0 Å². The Hall–Kier alpha value is -0.870. The molecule has 0 N–H and O–H groups in total. The van der Waals surface area contributed by atoms with Crippen LogP contribution in [-0.4, -0.2) is 28.3 Å². The number of ketones is 1. The van der Waals surface area contributed by atoms with E-state index in [1.54, 1.807) is 11.8 Å². The van der Waals surface area contributed by atoms with Crippen LogP contribution < -0.4 is 0 Å². The van der Waals surface area contributed by atoms with E-state index in [0.29, 0.717) is 11.4 Å². The predicted octanol–water partition coefficient (Wildman–Crippen LogP) is 3.49. The van der Waals surface area contributed by atoms with E-state index in [2.05, 4.69) is 5.10 Å². The van der Waals surface area contributed by atoms with Gasteiger partial charge in [-0.05, 0) is 19.3 Å². The molecule has 1 heterocycles. The normalized spacial score (nSPS) is 18.5. The van der Waals surface area contributed by atoms with Gasteiger partial charge >= 0.3 is 0 Å². The van der Waals surface area contributed by atoms with Crippen LogP contribution in [0.2, 0.25) is 5.02 Å². The van der Waals surface area contributed by atoms with Gasteiger partial charge in [0.25, 0.3) is 0 Å². The summed E-state index contributed by atoms with van der Waals surface area (Å²) in [7, 11) is 3.51. The van der Waals surface area contributed by atoms with E-state index in [1.165, 1.54) is 12.8 Å². The van der Waals surface area contributed by atoms with Crippen molar-refractivity contribution in [3.8, 4) is 0 Å². The number of aryl methyl sites for hydroxylation is 2. The van der Waals surface area contributed by atoms with Gasteiger partial charge in [-0.2, -0.15) is 5.10 Å². The summed E-state index contributed by atoms with van der Waals surface area (Å²) in [4.78, 5) is 12.9. The molecule has 0 saturated heterocycles. The Labute approximate surface area is 131 Å². The van der Waals surface area contributed by atoms with Gasteiger partial charge in [0, 0.05) is 14.2 Å². The lowest BCUT2D eigenvalue weighted by Gasteiger charge is -2.29. The maximum atomic E-state index is 12.9. The number of ether oxygens (including phenoxy) is 1. The molecule has 1 saturated carbocycles. The number of hydrogen-bond donors (Lipinski definition) is 0. The zero-order chi connectivity index (χ0) is 15.5.